The van der Waals surface area contributed by atoms with Crippen LogP contribution in [0.3, 0.4) is 0 Å². The smallest absolute Gasteiger partial charge is 0.204 e. The Morgan fingerprint density at radius 2 is 0.957 bits per heavy atom. The van der Waals surface area contributed by atoms with Gasteiger partial charge < -0.3 is 39.5 Å². The van der Waals surface area contributed by atoms with Gasteiger partial charge in [-0.3, -0.25) is 9.59 Å². The number of benzene rings is 3. The zero-order valence-electron chi connectivity index (χ0n) is 26.6. The maximum Gasteiger partial charge on any atom is 0.204 e. The van der Waals surface area contributed by atoms with E-state index in [0.29, 0.717) is 36.8 Å². The van der Waals surface area contributed by atoms with E-state index in [9.17, 15) is 40.2 Å². The molecular weight excluding hydrogens is 592 g/mol. The first-order valence-corrected chi connectivity index (χ1v) is 15.2. The summed E-state index contributed by atoms with van der Waals surface area (Å²) in [6, 6.07) is 6.41. The predicted octanol–water partition coefficient (Wildman–Crippen LogP) is 7.26. The highest BCUT2D eigenvalue weighted by Crippen LogP contribution is 2.47. The Balaban J connectivity index is 1.74. The molecule has 5 rings (SSSR count). The van der Waals surface area contributed by atoms with Gasteiger partial charge in [0, 0.05) is 11.1 Å². The highest BCUT2D eigenvalue weighted by Gasteiger charge is 2.28. The SMILES string of the molecule is Cc1oc2c(CCC(C)C)c(O)c(O)c(O)c2c(=O)c1-c1cccc(-c2c(C)oc3c(CCC(C)C)c(O)c(O)c(O)c3c2=O)c1. The maximum atomic E-state index is 14.0. The predicted molar refractivity (Wildman–Crippen MR) is 175 cm³/mol. The van der Waals surface area contributed by atoms with E-state index in [2.05, 4.69) is 0 Å². The van der Waals surface area contributed by atoms with Crippen LogP contribution in [0.5, 0.6) is 34.5 Å². The molecule has 0 unspecified atom stereocenters. The van der Waals surface area contributed by atoms with Gasteiger partial charge in [-0.25, -0.2) is 0 Å². The third-order valence-electron chi connectivity index (χ3n) is 8.45. The summed E-state index contributed by atoms with van der Waals surface area (Å²) in [5, 5.41) is 63.2. The van der Waals surface area contributed by atoms with E-state index >= 15 is 0 Å². The van der Waals surface area contributed by atoms with Crippen molar-refractivity contribution in [1.82, 2.24) is 0 Å². The van der Waals surface area contributed by atoms with Gasteiger partial charge in [-0.15, -0.1) is 0 Å². The molecule has 0 aliphatic heterocycles. The van der Waals surface area contributed by atoms with Crippen LogP contribution in [-0.4, -0.2) is 30.6 Å². The van der Waals surface area contributed by atoms with Gasteiger partial charge in [-0.05, 0) is 68.6 Å². The summed E-state index contributed by atoms with van der Waals surface area (Å²) in [4.78, 5) is 27.9. The molecule has 0 saturated carbocycles. The fraction of sp³-hybridized carbons (Fsp3) is 0.333. The van der Waals surface area contributed by atoms with Crippen molar-refractivity contribution in [3.63, 3.8) is 0 Å². The fourth-order valence-electron chi connectivity index (χ4n) is 5.93. The van der Waals surface area contributed by atoms with Gasteiger partial charge in [0.25, 0.3) is 0 Å². The molecule has 0 fully saturated rings. The van der Waals surface area contributed by atoms with Crippen LogP contribution >= 0.6 is 0 Å². The largest absolute Gasteiger partial charge is 0.504 e. The second kappa shape index (κ2) is 12.0. The summed E-state index contributed by atoms with van der Waals surface area (Å²) < 4.78 is 12.1. The molecule has 46 heavy (non-hydrogen) atoms. The maximum absolute atomic E-state index is 14.0. The summed E-state index contributed by atoms with van der Waals surface area (Å²) in [7, 11) is 0. The average Bonchev–Trinajstić information content (AvgIpc) is 2.98. The molecule has 0 atom stereocenters. The minimum Gasteiger partial charge on any atom is -0.504 e. The van der Waals surface area contributed by atoms with Crippen LogP contribution in [0.15, 0.2) is 42.7 Å². The molecule has 0 amide bonds. The van der Waals surface area contributed by atoms with E-state index in [1.807, 2.05) is 27.7 Å². The van der Waals surface area contributed by atoms with Gasteiger partial charge in [-0.2, -0.15) is 0 Å². The summed E-state index contributed by atoms with van der Waals surface area (Å²) in [6.07, 6.45) is 1.83. The molecule has 0 aliphatic carbocycles. The number of phenolic OH excluding ortho intramolecular Hbond substituents is 6. The van der Waals surface area contributed by atoms with Gasteiger partial charge in [0.2, 0.25) is 22.4 Å². The quantitative estimate of drug-likeness (QED) is 0.0954. The number of hydrogen-bond acceptors (Lipinski definition) is 10. The van der Waals surface area contributed by atoms with E-state index < -0.39 is 45.4 Å². The minimum absolute atomic E-state index is 0.0197. The molecule has 10 heteroatoms. The second-order valence-electron chi connectivity index (χ2n) is 12.6. The number of aromatic hydroxyl groups is 6. The first-order valence-electron chi connectivity index (χ1n) is 15.2. The molecule has 0 spiro atoms. The van der Waals surface area contributed by atoms with Crippen molar-refractivity contribution in [2.75, 3.05) is 0 Å². The van der Waals surface area contributed by atoms with Crippen molar-refractivity contribution < 1.29 is 39.5 Å². The van der Waals surface area contributed by atoms with Gasteiger partial charge in [0.1, 0.15) is 33.5 Å². The van der Waals surface area contributed by atoms with E-state index in [-0.39, 0.29) is 67.5 Å². The van der Waals surface area contributed by atoms with E-state index in [1.54, 1.807) is 38.1 Å². The van der Waals surface area contributed by atoms with Gasteiger partial charge in [0.15, 0.2) is 23.0 Å². The zero-order chi connectivity index (χ0) is 33.8. The minimum atomic E-state index is -0.812. The third kappa shape index (κ3) is 5.27. The van der Waals surface area contributed by atoms with Crippen molar-refractivity contribution in [1.29, 1.82) is 0 Å². The first-order chi connectivity index (χ1) is 21.6. The average molecular weight is 631 g/mol. The van der Waals surface area contributed by atoms with Gasteiger partial charge in [-0.1, -0.05) is 45.9 Å². The van der Waals surface area contributed by atoms with E-state index in [0.717, 1.165) is 0 Å². The fourth-order valence-corrected chi connectivity index (χ4v) is 5.93. The van der Waals surface area contributed by atoms with Crippen molar-refractivity contribution in [2.24, 2.45) is 11.8 Å². The first kappa shape index (κ1) is 32.3. The summed E-state index contributed by atoms with van der Waals surface area (Å²) in [5.41, 5.74) is -0.123. The molecule has 10 nitrogen and oxygen atoms in total. The summed E-state index contributed by atoms with van der Waals surface area (Å²) in [5.74, 6) is -3.46. The molecule has 6 N–H and O–H groups in total. The molecule has 0 aliphatic rings. The van der Waals surface area contributed by atoms with E-state index in [1.165, 1.54) is 0 Å². The zero-order valence-corrected chi connectivity index (χ0v) is 26.6. The third-order valence-corrected chi connectivity index (χ3v) is 8.45. The second-order valence-corrected chi connectivity index (χ2v) is 12.6. The van der Waals surface area contributed by atoms with Crippen molar-refractivity contribution in [3.05, 3.63) is 67.4 Å². The van der Waals surface area contributed by atoms with E-state index in [4.69, 9.17) is 8.83 Å². The Bertz CT molecular complexity index is 1980. The lowest BCUT2D eigenvalue weighted by Gasteiger charge is -2.16. The number of phenols is 6. The molecule has 3 aromatic carbocycles. The Labute approximate surface area is 264 Å². The van der Waals surface area contributed by atoms with Crippen LogP contribution < -0.4 is 10.9 Å². The Hall–Kier alpha value is -5.12. The molecule has 0 bridgehead atoms. The molecule has 242 valence electrons. The molecule has 0 radical (unpaired) electrons. The van der Waals surface area contributed by atoms with Crippen LogP contribution in [0.2, 0.25) is 0 Å². The lowest BCUT2D eigenvalue weighted by Crippen LogP contribution is -2.11. The number of fused-ring (bicyclic) bond motifs is 2. The van der Waals surface area contributed by atoms with Crippen molar-refractivity contribution in [3.8, 4) is 56.8 Å². The van der Waals surface area contributed by atoms with Crippen LogP contribution in [0.25, 0.3) is 44.2 Å². The van der Waals surface area contributed by atoms with Crippen molar-refractivity contribution >= 4 is 21.9 Å². The van der Waals surface area contributed by atoms with Crippen LogP contribution in [-0.2, 0) is 12.8 Å². The normalized spacial score (nSPS) is 11.8. The molecular formula is C36H38O10. The Kier molecular flexibility index (Phi) is 8.42. The molecule has 2 aromatic heterocycles. The van der Waals surface area contributed by atoms with Gasteiger partial charge in [0.05, 0.1) is 11.1 Å². The number of rotatable bonds is 8. The number of hydrogen-bond donors (Lipinski definition) is 6. The topological polar surface area (TPSA) is 182 Å². The number of aryl methyl sites for hydroxylation is 4. The monoisotopic (exact) mass is 630 g/mol. The van der Waals surface area contributed by atoms with Crippen molar-refractivity contribution in [2.45, 2.75) is 67.2 Å². The lowest BCUT2D eigenvalue weighted by molar-refractivity contribution is 0.365. The molecule has 5 aromatic rings. The lowest BCUT2D eigenvalue weighted by atomic mass is 9.93. The van der Waals surface area contributed by atoms with Crippen LogP contribution in [0.1, 0.15) is 63.2 Å². The van der Waals surface area contributed by atoms with Gasteiger partial charge >= 0.3 is 0 Å². The van der Waals surface area contributed by atoms with Crippen LogP contribution in [0, 0.1) is 25.7 Å². The Morgan fingerprint density at radius 1 is 0.587 bits per heavy atom. The summed E-state index contributed by atoms with van der Waals surface area (Å²) >= 11 is 0. The molecule has 2 heterocycles. The summed E-state index contributed by atoms with van der Waals surface area (Å²) in [6.45, 7) is 11.1. The highest BCUT2D eigenvalue weighted by molar-refractivity contribution is 5.96. The van der Waals surface area contributed by atoms with Crippen LogP contribution in [0.4, 0.5) is 0 Å². The molecule has 0 saturated heterocycles. The highest BCUT2D eigenvalue weighted by atomic mass is 16.4. The Morgan fingerprint density at radius 3 is 1.30 bits per heavy atom. The standard InChI is InChI=1S/C36H38O10/c1-15(2)10-12-21-27(37)33(43)31(41)25-29(39)23(17(5)45-35(21)25)19-8-7-9-20(14-19)24-18(6)46-36-22(13-11-16(3)4)28(38)34(44)32(42)26(36)30(24)40/h7-9,14-16,37-38,41-44H,10-13H2,1-6H3.